The van der Waals surface area contributed by atoms with Gasteiger partial charge < -0.3 is 14.2 Å². The van der Waals surface area contributed by atoms with Crippen LogP contribution < -0.4 is 0 Å². The Hall–Kier alpha value is -2.42. The number of amides is 1. The number of hydrogen-bond donors (Lipinski definition) is 0. The van der Waals surface area contributed by atoms with Crippen molar-refractivity contribution in [3.8, 4) is 11.4 Å². The standard InChI is InChI=1S/C18H18F3N3O3/c19-18(20,21)17-22-15(23-27-17)11-5-7-12(8-6-11)16(25)24-9-2-10-26-14-4-1-3-13(14)24/h5-8,13-14H,1-4,9-10H2. The van der Waals surface area contributed by atoms with E-state index >= 15 is 0 Å². The lowest BCUT2D eigenvalue weighted by Gasteiger charge is -2.30. The van der Waals surface area contributed by atoms with Crippen LogP contribution in [0, 0.1) is 0 Å². The molecule has 2 fully saturated rings. The molecule has 1 aliphatic heterocycles. The first-order chi connectivity index (χ1) is 12.9. The number of aromatic nitrogens is 2. The van der Waals surface area contributed by atoms with Crippen molar-refractivity contribution in [1.29, 1.82) is 0 Å². The third-order valence-corrected chi connectivity index (χ3v) is 5.01. The summed E-state index contributed by atoms with van der Waals surface area (Å²) < 4.78 is 47.8. The number of benzene rings is 1. The van der Waals surface area contributed by atoms with Gasteiger partial charge in [-0.2, -0.15) is 18.2 Å². The summed E-state index contributed by atoms with van der Waals surface area (Å²) in [5.74, 6) is -1.65. The summed E-state index contributed by atoms with van der Waals surface area (Å²) in [7, 11) is 0. The molecule has 2 heterocycles. The molecule has 1 aliphatic carbocycles. The van der Waals surface area contributed by atoms with Crippen LogP contribution in [0.3, 0.4) is 0 Å². The molecule has 27 heavy (non-hydrogen) atoms. The molecular formula is C18H18F3N3O3. The van der Waals surface area contributed by atoms with Crippen molar-refractivity contribution in [1.82, 2.24) is 15.0 Å². The van der Waals surface area contributed by atoms with Gasteiger partial charge in [0, 0.05) is 24.3 Å². The van der Waals surface area contributed by atoms with E-state index in [-0.39, 0.29) is 23.9 Å². The maximum Gasteiger partial charge on any atom is 0.471 e. The predicted molar refractivity (Wildman–Crippen MR) is 87.8 cm³/mol. The lowest BCUT2D eigenvalue weighted by atomic mass is 10.1. The number of rotatable bonds is 2. The van der Waals surface area contributed by atoms with Gasteiger partial charge in [-0.3, -0.25) is 4.79 Å². The molecule has 1 aromatic carbocycles. The van der Waals surface area contributed by atoms with Gasteiger partial charge in [-0.05, 0) is 37.8 Å². The fourth-order valence-corrected chi connectivity index (χ4v) is 3.73. The van der Waals surface area contributed by atoms with Gasteiger partial charge in [0.05, 0.1) is 12.1 Å². The normalized spacial score (nSPS) is 23.1. The first-order valence-corrected chi connectivity index (χ1v) is 8.87. The van der Waals surface area contributed by atoms with Gasteiger partial charge in [-0.15, -0.1) is 0 Å². The smallest absolute Gasteiger partial charge is 0.376 e. The number of fused-ring (bicyclic) bond motifs is 1. The van der Waals surface area contributed by atoms with Crippen molar-refractivity contribution in [3.05, 3.63) is 35.7 Å². The number of carbonyl (C=O) groups is 1. The molecule has 0 radical (unpaired) electrons. The molecule has 2 atom stereocenters. The summed E-state index contributed by atoms with van der Waals surface area (Å²) in [4.78, 5) is 18.2. The lowest BCUT2D eigenvalue weighted by molar-refractivity contribution is -0.159. The molecule has 2 aliphatic rings. The zero-order valence-corrected chi connectivity index (χ0v) is 14.4. The van der Waals surface area contributed by atoms with Crippen LogP contribution in [0.15, 0.2) is 28.8 Å². The molecule has 144 valence electrons. The van der Waals surface area contributed by atoms with Crippen molar-refractivity contribution in [3.63, 3.8) is 0 Å². The predicted octanol–water partition coefficient (Wildman–Crippen LogP) is 3.54. The average Bonchev–Trinajstić information content (AvgIpc) is 3.28. The van der Waals surface area contributed by atoms with Gasteiger partial charge in [0.15, 0.2) is 0 Å². The van der Waals surface area contributed by atoms with E-state index in [0.29, 0.717) is 24.3 Å². The maximum absolute atomic E-state index is 13.0. The summed E-state index contributed by atoms with van der Waals surface area (Å²) in [6, 6.07) is 6.30. The largest absolute Gasteiger partial charge is 0.471 e. The van der Waals surface area contributed by atoms with E-state index in [9.17, 15) is 18.0 Å². The molecule has 9 heteroatoms. The number of ether oxygens (including phenoxy) is 1. The topological polar surface area (TPSA) is 68.5 Å². The second-order valence-corrected chi connectivity index (χ2v) is 6.76. The maximum atomic E-state index is 13.0. The molecule has 0 bridgehead atoms. The minimum absolute atomic E-state index is 0.0891. The molecule has 1 saturated carbocycles. The van der Waals surface area contributed by atoms with E-state index in [1.807, 2.05) is 4.90 Å². The zero-order valence-electron chi connectivity index (χ0n) is 14.4. The van der Waals surface area contributed by atoms with Crippen LogP contribution in [0.4, 0.5) is 13.2 Å². The molecule has 1 aromatic heterocycles. The van der Waals surface area contributed by atoms with Gasteiger partial charge in [-0.25, -0.2) is 0 Å². The Bertz CT molecular complexity index is 819. The Kier molecular flexibility index (Phi) is 4.63. The summed E-state index contributed by atoms with van der Waals surface area (Å²) in [6.45, 7) is 1.30. The van der Waals surface area contributed by atoms with E-state index in [1.54, 1.807) is 12.1 Å². The van der Waals surface area contributed by atoms with E-state index in [2.05, 4.69) is 14.7 Å². The first kappa shape index (κ1) is 18.0. The van der Waals surface area contributed by atoms with Crippen LogP contribution >= 0.6 is 0 Å². The molecule has 2 unspecified atom stereocenters. The van der Waals surface area contributed by atoms with E-state index in [4.69, 9.17) is 4.74 Å². The Balaban J connectivity index is 1.53. The van der Waals surface area contributed by atoms with Crippen LogP contribution in [-0.4, -0.2) is 46.2 Å². The molecule has 1 saturated heterocycles. The number of alkyl halides is 3. The fourth-order valence-electron chi connectivity index (χ4n) is 3.73. The second kappa shape index (κ2) is 6.95. The Morgan fingerprint density at radius 3 is 2.63 bits per heavy atom. The third-order valence-electron chi connectivity index (χ3n) is 5.01. The second-order valence-electron chi connectivity index (χ2n) is 6.76. The minimum atomic E-state index is -4.69. The van der Waals surface area contributed by atoms with E-state index in [1.165, 1.54) is 12.1 Å². The molecular weight excluding hydrogens is 363 g/mol. The molecule has 4 rings (SSSR count). The molecule has 6 nitrogen and oxygen atoms in total. The summed E-state index contributed by atoms with van der Waals surface area (Å²) >= 11 is 0. The van der Waals surface area contributed by atoms with Crippen LogP contribution in [0.1, 0.15) is 41.9 Å². The first-order valence-electron chi connectivity index (χ1n) is 8.87. The molecule has 0 spiro atoms. The van der Waals surface area contributed by atoms with Gasteiger partial charge in [0.2, 0.25) is 5.82 Å². The van der Waals surface area contributed by atoms with Gasteiger partial charge in [0.1, 0.15) is 0 Å². The van der Waals surface area contributed by atoms with Crippen LogP contribution in [0.2, 0.25) is 0 Å². The Morgan fingerprint density at radius 2 is 1.93 bits per heavy atom. The van der Waals surface area contributed by atoms with Crippen molar-refractivity contribution in [2.45, 2.75) is 44.0 Å². The zero-order chi connectivity index (χ0) is 19.0. The number of halogens is 3. The SMILES string of the molecule is O=C(c1ccc(-c2noc(C(F)(F)F)n2)cc1)N1CCCOC2CCCC21. The van der Waals surface area contributed by atoms with Crippen molar-refractivity contribution < 1.29 is 27.2 Å². The van der Waals surface area contributed by atoms with E-state index in [0.717, 1.165) is 25.7 Å². The molecule has 1 amide bonds. The van der Waals surface area contributed by atoms with Crippen molar-refractivity contribution >= 4 is 5.91 Å². The molecule has 0 N–H and O–H groups in total. The quantitative estimate of drug-likeness (QED) is 0.796. The fraction of sp³-hybridized carbons (Fsp3) is 0.500. The van der Waals surface area contributed by atoms with Crippen LogP contribution in [-0.2, 0) is 10.9 Å². The number of carbonyl (C=O) groups excluding carboxylic acids is 1. The summed E-state index contributed by atoms with van der Waals surface area (Å²) in [6.07, 6.45) is -0.869. The number of nitrogens with zero attached hydrogens (tertiary/aromatic N) is 3. The monoisotopic (exact) mass is 381 g/mol. The van der Waals surface area contributed by atoms with Crippen LogP contribution in [0.5, 0.6) is 0 Å². The van der Waals surface area contributed by atoms with Crippen LogP contribution in [0.25, 0.3) is 11.4 Å². The van der Waals surface area contributed by atoms with Crippen molar-refractivity contribution in [2.24, 2.45) is 0 Å². The highest BCUT2D eigenvalue weighted by Crippen LogP contribution is 2.31. The Morgan fingerprint density at radius 1 is 1.15 bits per heavy atom. The highest BCUT2D eigenvalue weighted by molar-refractivity contribution is 5.95. The lowest BCUT2D eigenvalue weighted by Crippen LogP contribution is -2.43. The van der Waals surface area contributed by atoms with Gasteiger partial charge >= 0.3 is 12.1 Å². The van der Waals surface area contributed by atoms with E-state index < -0.39 is 12.1 Å². The van der Waals surface area contributed by atoms with Crippen molar-refractivity contribution in [2.75, 3.05) is 13.2 Å². The van der Waals surface area contributed by atoms with Gasteiger partial charge in [-0.1, -0.05) is 17.3 Å². The minimum Gasteiger partial charge on any atom is -0.376 e. The molecule has 2 aromatic rings. The third kappa shape index (κ3) is 3.55. The average molecular weight is 381 g/mol. The summed E-state index contributed by atoms with van der Waals surface area (Å²) in [5.41, 5.74) is 0.828. The Labute approximate surface area is 153 Å². The van der Waals surface area contributed by atoms with Gasteiger partial charge in [0.25, 0.3) is 5.91 Å². The highest BCUT2D eigenvalue weighted by Gasteiger charge is 2.39. The summed E-state index contributed by atoms with van der Waals surface area (Å²) in [5, 5.41) is 3.36. The highest BCUT2D eigenvalue weighted by atomic mass is 19.4. The number of hydrogen-bond acceptors (Lipinski definition) is 5.